The molecule has 0 aromatic heterocycles. The third-order valence-corrected chi connectivity index (χ3v) is 11.0. The molecule has 0 unspecified atom stereocenters. The molecule has 0 saturated carbocycles. The Bertz CT molecular complexity index is 2200. The van der Waals surface area contributed by atoms with Crippen LogP contribution in [0, 0.1) is 0 Å². The lowest BCUT2D eigenvalue weighted by atomic mass is 9.88. The molecule has 0 heterocycles. The summed E-state index contributed by atoms with van der Waals surface area (Å²) in [5.74, 6) is 1.04. The summed E-state index contributed by atoms with van der Waals surface area (Å²) in [5.41, 5.74) is 26.4. The van der Waals surface area contributed by atoms with Crippen LogP contribution in [0.5, 0.6) is 23.0 Å². The molecule has 0 saturated heterocycles. The summed E-state index contributed by atoms with van der Waals surface area (Å²) < 4.78 is 61.0. The summed E-state index contributed by atoms with van der Waals surface area (Å²) in [6.07, 6.45) is 0.710. The Labute approximate surface area is 410 Å². The number of fused-ring (bicyclic) bond motifs is 8. The van der Waals surface area contributed by atoms with Gasteiger partial charge in [0.15, 0.2) is 0 Å². The first kappa shape index (κ1) is 54.4. The van der Waals surface area contributed by atoms with Gasteiger partial charge in [0.05, 0.1) is 63.9 Å². The maximum Gasteiger partial charge on any atom is 0.338 e. The standard InChI is InChI=1S/C52H66N6O12/c1-7-61-13-17-67-47-37-21-35(33-55-57-53)22-38(47)26-42-30-46(52(60)66-12-6)32-44(50(42)70-20-16-64-10-4)28-40-24-36(34-56-58-54)23-39(48(40)68-18-14-62-8-2)27-43-31-45(51(59)65-11-5)29-41(25-37)49(43)69-19-15-63-9-3/h21-24,29-32H,7-20,25-28,33-34H2,1-6H3. The molecule has 8 bridgehead atoms. The Morgan fingerprint density at radius 1 is 0.414 bits per heavy atom. The number of hydrogen-bond acceptors (Lipinski definition) is 14. The molecular formula is C52H66N6O12. The predicted molar refractivity (Wildman–Crippen MR) is 263 cm³/mol. The van der Waals surface area contributed by atoms with Crippen molar-refractivity contribution in [3.63, 3.8) is 0 Å². The number of benzene rings is 4. The number of rotatable bonds is 28. The van der Waals surface area contributed by atoms with Crippen molar-refractivity contribution in [3.05, 3.63) is 136 Å². The van der Waals surface area contributed by atoms with E-state index in [1.807, 2.05) is 52.0 Å². The van der Waals surface area contributed by atoms with Gasteiger partial charge < -0.3 is 47.4 Å². The summed E-state index contributed by atoms with van der Waals surface area (Å²) in [4.78, 5) is 33.8. The van der Waals surface area contributed by atoms with E-state index in [0.717, 1.165) is 0 Å². The van der Waals surface area contributed by atoms with Crippen LogP contribution < -0.4 is 18.9 Å². The second-order valence-corrected chi connectivity index (χ2v) is 15.8. The minimum atomic E-state index is -0.523. The summed E-state index contributed by atoms with van der Waals surface area (Å²) in [6, 6.07) is 14.8. The van der Waals surface area contributed by atoms with Crippen molar-refractivity contribution in [1.82, 2.24) is 0 Å². The van der Waals surface area contributed by atoms with E-state index in [2.05, 4.69) is 20.1 Å². The summed E-state index contributed by atoms with van der Waals surface area (Å²) in [5, 5.41) is 7.90. The lowest BCUT2D eigenvalue weighted by molar-refractivity contribution is 0.0516. The van der Waals surface area contributed by atoms with Gasteiger partial charge in [0.25, 0.3) is 0 Å². The van der Waals surface area contributed by atoms with Gasteiger partial charge in [0.1, 0.15) is 49.4 Å². The number of esters is 2. The molecule has 70 heavy (non-hydrogen) atoms. The molecule has 0 N–H and O–H groups in total. The molecule has 4 aromatic rings. The Morgan fingerprint density at radius 3 is 0.900 bits per heavy atom. The van der Waals surface area contributed by atoms with Crippen LogP contribution in [0.1, 0.15) is 118 Å². The zero-order chi connectivity index (χ0) is 50.1. The highest BCUT2D eigenvalue weighted by Gasteiger charge is 2.26. The quantitative estimate of drug-likeness (QED) is 0.0150. The molecule has 0 fully saturated rings. The lowest BCUT2D eigenvalue weighted by Crippen LogP contribution is -2.16. The van der Waals surface area contributed by atoms with E-state index in [1.165, 1.54) is 0 Å². The highest BCUT2D eigenvalue weighted by molar-refractivity contribution is 5.91. The number of ether oxygens (including phenoxy) is 10. The van der Waals surface area contributed by atoms with Gasteiger partial charge in [-0.3, -0.25) is 0 Å². The molecule has 0 amide bonds. The van der Waals surface area contributed by atoms with Crippen LogP contribution in [0.4, 0.5) is 0 Å². The molecule has 0 spiro atoms. The number of carbonyl (C=O) groups excluding carboxylic acids is 2. The van der Waals surface area contributed by atoms with E-state index in [4.69, 9.17) is 47.4 Å². The number of carbonyl (C=O) groups is 2. The fourth-order valence-electron chi connectivity index (χ4n) is 8.24. The molecular weight excluding hydrogens is 901 g/mol. The topological polar surface area (TPSA) is 224 Å². The molecule has 1 aliphatic carbocycles. The molecule has 18 heteroatoms. The van der Waals surface area contributed by atoms with Gasteiger partial charge in [-0.1, -0.05) is 34.5 Å². The molecule has 5 rings (SSSR count). The van der Waals surface area contributed by atoms with Crippen LogP contribution in [-0.4, -0.2) is 104 Å². The summed E-state index contributed by atoms with van der Waals surface area (Å²) in [6.45, 7) is 15.4. The molecule has 0 aliphatic heterocycles. The van der Waals surface area contributed by atoms with E-state index in [1.54, 1.807) is 38.1 Å². The first-order chi connectivity index (χ1) is 34.2. The average Bonchev–Trinajstić information content (AvgIpc) is 3.35. The van der Waals surface area contributed by atoms with Gasteiger partial charge in [-0.05, 0) is 133 Å². The monoisotopic (exact) mass is 966 g/mol. The van der Waals surface area contributed by atoms with Gasteiger partial charge in [0, 0.05) is 61.9 Å². The van der Waals surface area contributed by atoms with Crippen LogP contribution >= 0.6 is 0 Å². The zero-order valence-electron chi connectivity index (χ0n) is 41.3. The Balaban J connectivity index is 1.97. The molecule has 376 valence electrons. The Hall–Kier alpha value is -6.52. The van der Waals surface area contributed by atoms with Gasteiger partial charge in [0.2, 0.25) is 0 Å². The molecule has 18 nitrogen and oxygen atoms in total. The van der Waals surface area contributed by atoms with E-state index >= 15 is 0 Å². The molecule has 1 aliphatic rings. The predicted octanol–water partition coefficient (Wildman–Crippen LogP) is 10.00. The van der Waals surface area contributed by atoms with Crippen LogP contribution in [0.2, 0.25) is 0 Å². The van der Waals surface area contributed by atoms with Crippen molar-refractivity contribution in [1.29, 1.82) is 0 Å². The lowest BCUT2D eigenvalue weighted by Gasteiger charge is -2.24. The number of nitrogens with zero attached hydrogens (tertiary/aromatic N) is 6. The van der Waals surface area contributed by atoms with Crippen LogP contribution in [0.15, 0.2) is 58.8 Å². The maximum absolute atomic E-state index is 13.8. The van der Waals surface area contributed by atoms with Crippen molar-refractivity contribution in [2.24, 2.45) is 10.2 Å². The van der Waals surface area contributed by atoms with Crippen LogP contribution in [0.25, 0.3) is 20.9 Å². The van der Waals surface area contributed by atoms with Gasteiger partial charge in [-0.15, -0.1) is 0 Å². The third kappa shape index (κ3) is 15.8. The van der Waals surface area contributed by atoms with Gasteiger partial charge in [-0.25, -0.2) is 9.59 Å². The first-order valence-electron chi connectivity index (χ1n) is 24.0. The Morgan fingerprint density at radius 2 is 0.671 bits per heavy atom. The van der Waals surface area contributed by atoms with Gasteiger partial charge in [-0.2, -0.15) is 0 Å². The fraction of sp³-hybridized carbons (Fsp3) is 0.500. The SMILES string of the molecule is CCOCCOc1c2cc(CN=[N+]=[N-])cc1Cc1cc(C(=O)OCC)cc(c1OCCOCC)Cc1cc(CN=[N+]=[N-])cc(c1OCCOCC)Cc1cc(C(=O)OCC)cc(c1OCCOCC)C2. The number of hydrogen-bond donors (Lipinski definition) is 0. The molecule has 4 aromatic carbocycles. The average molecular weight is 967 g/mol. The zero-order valence-corrected chi connectivity index (χ0v) is 41.3. The van der Waals surface area contributed by atoms with Crippen molar-refractivity contribution in [2.45, 2.75) is 80.3 Å². The maximum atomic E-state index is 13.8. The highest BCUT2D eigenvalue weighted by atomic mass is 16.5. The summed E-state index contributed by atoms with van der Waals surface area (Å²) in [7, 11) is 0. The number of azide groups is 2. The smallest absolute Gasteiger partial charge is 0.338 e. The van der Waals surface area contributed by atoms with Crippen LogP contribution in [-0.2, 0) is 67.2 Å². The largest absolute Gasteiger partial charge is 0.491 e. The highest BCUT2D eigenvalue weighted by Crippen LogP contribution is 2.41. The van der Waals surface area contributed by atoms with E-state index in [0.29, 0.717) is 143 Å². The van der Waals surface area contributed by atoms with E-state index in [-0.39, 0.29) is 78.4 Å². The van der Waals surface area contributed by atoms with Crippen molar-refractivity contribution >= 4 is 11.9 Å². The van der Waals surface area contributed by atoms with Gasteiger partial charge >= 0.3 is 11.9 Å². The Kier molecular flexibility index (Phi) is 22.9. The third-order valence-electron chi connectivity index (χ3n) is 11.0. The molecule has 0 radical (unpaired) electrons. The fourth-order valence-corrected chi connectivity index (χ4v) is 8.24. The van der Waals surface area contributed by atoms with Crippen LogP contribution in [0.3, 0.4) is 0 Å². The minimum Gasteiger partial charge on any atom is -0.491 e. The molecule has 0 atom stereocenters. The summed E-state index contributed by atoms with van der Waals surface area (Å²) >= 11 is 0. The van der Waals surface area contributed by atoms with E-state index in [9.17, 15) is 20.7 Å². The minimum absolute atomic E-state index is 0.0201. The van der Waals surface area contributed by atoms with E-state index < -0.39 is 11.9 Å². The first-order valence-corrected chi connectivity index (χ1v) is 24.0. The second-order valence-electron chi connectivity index (χ2n) is 15.8. The normalized spacial score (nSPS) is 11.7. The second kappa shape index (κ2) is 29.5. The van der Waals surface area contributed by atoms with Crippen molar-refractivity contribution in [2.75, 3.05) is 92.5 Å². The van der Waals surface area contributed by atoms with Crippen molar-refractivity contribution < 1.29 is 57.0 Å². The van der Waals surface area contributed by atoms with Crippen molar-refractivity contribution in [3.8, 4) is 23.0 Å².